The van der Waals surface area contributed by atoms with Crippen molar-refractivity contribution in [3.05, 3.63) is 29.8 Å². The van der Waals surface area contributed by atoms with Gasteiger partial charge in [-0.15, -0.1) is 0 Å². The highest BCUT2D eigenvalue weighted by atomic mass is 16.3. The number of hydrogen-bond acceptors (Lipinski definition) is 2. The zero-order chi connectivity index (χ0) is 12.1. The van der Waals surface area contributed by atoms with Gasteiger partial charge in [0.25, 0.3) is 5.91 Å². The Hall–Kier alpha value is -1.35. The maximum absolute atomic E-state index is 11.7. The number of hydrogen-bond donors (Lipinski definition) is 1. The monoisotopic (exact) mass is 221 g/mol. The fraction of sp³-hybridized carbons (Fsp3) is 0.462. The number of carbonyl (C=O) groups excluding carboxylic acids is 1. The van der Waals surface area contributed by atoms with Gasteiger partial charge in [0, 0.05) is 11.7 Å². The van der Waals surface area contributed by atoms with Crippen LogP contribution in [0.25, 0.3) is 0 Å². The number of benzene rings is 1. The van der Waals surface area contributed by atoms with Crippen molar-refractivity contribution in [2.75, 3.05) is 11.5 Å². The summed E-state index contributed by atoms with van der Waals surface area (Å²) in [4.78, 5) is 13.3. The summed E-state index contributed by atoms with van der Waals surface area (Å²) in [6, 6.07) is 7.86. The Morgan fingerprint density at radius 1 is 1.38 bits per heavy atom. The summed E-state index contributed by atoms with van der Waals surface area (Å²) in [5, 5.41) is 8.97. The van der Waals surface area contributed by atoms with Crippen LogP contribution in [0.3, 0.4) is 0 Å². The maximum Gasteiger partial charge on any atom is 0.252 e. The van der Waals surface area contributed by atoms with Crippen LogP contribution in [0.1, 0.15) is 25.8 Å². The molecule has 88 valence electrons. The van der Waals surface area contributed by atoms with Gasteiger partial charge < -0.3 is 10.0 Å². The second kappa shape index (κ2) is 5.66. The molecule has 0 aliphatic carbocycles. The van der Waals surface area contributed by atoms with E-state index in [4.69, 9.17) is 5.11 Å². The Morgan fingerprint density at radius 3 is 2.38 bits per heavy atom. The molecule has 0 aliphatic rings. The first-order chi connectivity index (χ1) is 7.60. The van der Waals surface area contributed by atoms with Gasteiger partial charge in [0.1, 0.15) is 6.61 Å². The lowest BCUT2D eigenvalue weighted by Gasteiger charge is -2.28. The van der Waals surface area contributed by atoms with Crippen LogP contribution in [-0.4, -0.2) is 23.7 Å². The van der Waals surface area contributed by atoms with Gasteiger partial charge in [-0.3, -0.25) is 4.79 Å². The SMILES string of the molecule is CCC(C)N(C(=O)CO)c1ccc(C)cc1. The van der Waals surface area contributed by atoms with E-state index < -0.39 is 6.61 Å². The van der Waals surface area contributed by atoms with Gasteiger partial charge in [0.2, 0.25) is 0 Å². The lowest BCUT2D eigenvalue weighted by molar-refractivity contribution is -0.121. The molecular formula is C13H19NO2. The molecule has 0 radical (unpaired) electrons. The van der Waals surface area contributed by atoms with Gasteiger partial charge >= 0.3 is 0 Å². The van der Waals surface area contributed by atoms with Crippen molar-refractivity contribution in [1.29, 1.82) is 0 Å². The maximum atomic E-state index is 11.7. The van der Waals surface area contributed by atoms with Gasteiger partial charge in [0.15, 0.2) is 0 Å². The number of aryl methyl sites for hydroxylation is 1. The van der Waals surface area contributed by atoms with Crippen LogP contribution in [-0.2, 0) is 4.79 Å². The molecule has 0 saturated heterocycles. The molecule has 1 amide bonds. The van der Waals surface area contributed by atoms with Crippen LogP contribution < -0.4 is 4.90 Å². The smallest absolute Gasteiger partial charge is 0.252 e. The molecule has 3 nitrogen and oxygen atoms in total. The molecule has 0 aromatic heterocycles. The largest absolute Gasteiger partial charge is 0.387 e. The van der Waals surface area contributed by atoms with Crippen molar-refractivity contribution < 1.29 is 9.90 Å². The zero-order valence-corrected chi connectivity index (χ0v) is 10.1. The van der Waals surface area contributed by atoms with Crippen molar-refractivity contribution in [2.45, 2.75) is 33.2 Å². The number of amides is 1. The fourth-order valence-electron chi connectivity index (χ4n) is 1.61. The highest BCUT2D eigenvalue weighted by molar-refractivity contribution is 5.94. The molecule has 1 atom stereocenters. The summed E-state index contributed by atoms with van der Waals surface area (Å²) < 4.78 is 0. The zero-order valence-electron chi connectivity index (χ0n) is 10.1. The van der Waals surface area contributed by atoms with E-state index in [1.807, 2.05) is 45.0 Å². The van der Waals surface area contributed by atoms with Crippen LogP contribution in [0.15, 0.2) is 24.3 Å². The standard InChI is InChI=1S/C13H19NO2/c1-4-11(3)14(13(16)9-15)12-7-5-10(2)6-8-12/h5-8,11,15H,4,9H2,1-3H3. The Morgan fingerprint density at radius 2 is 1.94 bits per heavy atom. The minimum absolute atomic E-state index is 0.0994. The minimum Gasteiger partial charge on any atom is -0.387 e. The van der Waals surface area contributed by atoms with Gasteiger partial charge in [0.05, 0.1) is 0 Å². The normalized spacial score (nSPS) is 12.2. The summed E-state index contributed by atoms with van der Waals surface area (Å²) >= 11 is 0. The van der Waals surface area contributed by atoms with Crippen molar-refractivity contribution in [3.63, 3.8) is 0 Å². The van der Waals surface area contributed by atoms with Gasteiger partial charge in [-0.25, -0.2) is 0 Å². The number of rotatable bonds is 4. The van der Waals surface area contributed by atoms with Crippen molar-refractivity contribution >= 4 is 11.6 Å². The highest BCUT2D eigenvalue weighted by Crippen LogP contribution is 2.19. The molecule has 0 saturated carbocycles. The summed E-state index contributed by atoms with van der Waals surface area (Å²) in [6.07, 6.45) is 0.861. The third-order valence-electron chi connectivity index (χ3n) is 2.75. The number of nitrogens with zero attached hydrogens (tertiary/aromatic N) is 1. The highest BCUT2D eigenvalue weighted by Gasteiger charge is 2.19. The van der Waals surface area contributed by atoms with Crippen molar-refractivity contribution in [2.24, 2.45) is 0 Å². The molecule has 1 unspecified atom stereocenters. The van der Waals surface area contributed by atoms with Crippen LogP contribution >= 0.6 is 0 Å². The summed E-state index contributed by atoms with van der Waals surface area (Å²) in [5.41, 5.74) is 2.00. The lowest BCUT2D eigenvalue weighted by atomic mass is 10.1. The quantitative estimate of drug-likeness (QED) is 0.846. The van der Waals surface area contributed by atoms with E-state index in [2.05, 4.69) is 0 Å². The Labute approximate surface area is 96.7 Å². The average Bonchev–Trinajstić information content (AvgIpc) is 2.31. The van der Waals surface area contributed by atoms with Gasteiger partial charge in [-0.05, 0) is 32.4 Å². The molecule has 3 heteroatoms. The van der Waals surface area contributed by atoms with Crippen molar-refractivity contribution in [3.8, 4) is 0 Å². The molecule has 0 bridgehead atoms. The Kier molecular flexibility index (Phi) is 4.50. The molecule has 1 aromatic carbocycles. The molecule has 0 spiro atoms. The first-order valence-electron chi connectivity index (χ1n) is 5.59. The molecule has 0 aliphatic heterocycles. The predicted molar refractivity (Wildman–Crippen MR) is 65.5 cm³/mol. The summed E-state index contributed by atoms with van der Waals surface area (Å²) in [5.74, 6) is -0.252. The molecule has 16 heavy (non-hydrogen) atoms. The van der Waals surface area contributed by atoms with Crippen LogP contribution in [0.5, 0.6) is 0 Å². The number of anilines is 1. The minimum atomic E-state index is -0.446. The first kappa shape index (κ1) is 12.7. The van der Waals surface area contributed by atoms with E-state index in [9.17, 15) is 4.79 Å². The van der Waals surface area contributed by atoms with Crippen LogP contribution in [0.2, 0.25) is 0 Å². The first-order valence-corrected chi connectivity index (χ1v) is 5.59. The van der Waals surface area contributed by atoms with E-state index in [-0.39, 0.29) is 11.9 Å². The van der Waals surface area contributed by atoms with Crippen LogP contribution in [0, 0.1) is 6.92 Å². The molecule has 0 fully saturated rings. The average molecular weight is 221 g/mol. The second-order valence-corrected chi connectivity index (χ2v) is 4.01. The van der Waals surface area contributed by atoms with Gasteiger partial charge in [-0.1, -0.05) is 24.6 Å². The van der Waals surface area contributed by atoms with Gasteiger partial charge in [-0.2, -0.15) is 0 Å². The predicted octanol–water partition coefficient (Wildman–Crippen LogP) is 2.12. The van der Waals surface area contributed by atoms with E-state index in [0.29, 0.717) is 0 Å². The Balaban J connectivity index is 3.01. The molecule has 1 N–H and O–H groups in total. The number of aliphatic hydroxyl groups excluding tert-OH is 1. The van der Waals surface area contributed by atoms with E-state index >= 15 is 0 Å². The van der Waals surface area contributed by atoms with E-state index in [0.717, 1.165) is 17.7 Å². The van der Waals surface area contributed by atoms with Crippen molar-refractivity contribution in [1.82, 2.24) is 0 Å². The van der Waals surface area contributed by atoms with E-state index in [1.54, 1.807) is 4.90 Å². The summed E-state index contributed by atoms with van der Waals surface area (Å²) in [7, 11) is 0. The number of aliphatic hydroxyl groups is 1. The molecular weight excluding hydrogens is 202 g/mol. The lowest BCUT2D eigenvalue weighted by Crippen LogP contribution is -2.40. The molecule has 1 aromatic rings. The Bertz CT molecular complexity index is 345. The van der Waals surface area contributed by atoms with E-state index in [1.165, 1.54) is 0 Å². The third-order valence-corrected chi connectivity index (χ3v) is 2.75. The second-order valence-electron chi connectivity index (χ2n) is 4.01. The van der Waals surface area contributed by atoms with Crippen LogP contribution in [0.4, 0.5) is 5.69 Å². The third kappa shape index (κ3) is 2.83. The topological polar surface area (TPSA) is 40.5 Å². The molecule has 0 heterocycles. The summed E-state index contributed by atoms with van der Waals surface area (Å²) in [6.45, 7) is 5.56. The number of carbonyl (C=O) groups is 1. The molecule has 1 rings (SSSR count). The fourth-order valence-corrected chi connectivity index (χ4v) is 1.61.